The largest absolute Gasteiger partial charge is 0.380 e. The summed E-state index contributed by atoms with van der Waals surface area (Å²) in [5.41, 5.74) is 1.66. The Morgan fingerprint density at radius 3 is 2.71 bits per heavy atom. The van der Waals surface area contributed by atoms with Crippen LogP contribution < -0.4 is 5.32 Å². The van der Waals surface area contributed by atoms with Crippen LogP contribution in [-0.2, 0) is 14.3 Å². The predicted octanol–water partition coefficient (Wildman–Crippen LogP) is 1.77. The molecule has 0 aromatic heterocycles. The first kappa shape index (κ1) is 15.4. The van der Waals surface area contributed by atoms with Gasteiger partial charge >= 0.3 is 0 Å². The van der Waals surface area contributed by atoms with Crippen LogP contribution in [0.15, 0.2) is 40.6 Å². The minimum absolute atomic E-state index is 0.0219. The van der Waals surface area contributed by atoms with Crippen molar-refractivity contribution in [3.05, 3.63) is 35.6 Å². The molecule has 0 spiro atoms. The molecule has 2 rings (SSSR count). The molecule has 0 bridgehead atoms. The molecular weight excluding hydrogens is 268 g/mol. The van der Waals surface area contributed by atoms with Crippen molar-refractivity contribution in [1.29, 1.82) is 0 Å². The van der Waals surface area contributed by atoms with Crippen molar-refractivity contribution in [3.63, 3.8) is 0 Å². The smallest absolute Gasteiger partial charge is 0.251 e. The maximum atomic E-state index is 12.0. The SMILES string of the molecule is COCC1=CC(=O)NC2=CC(=NC(=O)C(C)(C)C)C=CC12. The van der Waals surface area contributed by atoms with Gasteiger partial charge in [0.2, 0.25) is 5.91 Å². The van der Waals surface area contributed by atoms with Crippen LogP contribution in [0.25, 0.3) is 0 Å². The van der Waals surface area contributed by atoms with Crippen LogP contribution in [0.3, 0.4) is 0 Å². The van der Waals surface area contributed by atoms with Crippen LogP contribution in [0.1, 0.15) is 20.8 Å². The van der Waals surface area contributed by atoms with Gasteiger partial charge in [0.15, 0.2) is 0 Å². The minimum Gasteiger partial charge on any atom is -0.380 e. The molecule has 0 aromatic rings. The molecular formula is C16H20N2O3. The lowest BCUT2D eigenvalue weighted by atomic mass is 9.88. The summed E-state index contributed by atoms with van der Waals surface area (Å²) < 4.78 is 5.12. The number of amides is 2. The molecule has 112 valence electrons. The van der Waals surface area contributed by atoms with Gasteiger partial charge in [0, 0.05) is 30.2 Å². The van der Waals surface area contributed by atoms with E-state index in [9.17, 15) is 9.59 Å². The van der Waals surface area contributed by atoms with Crippen molar-refractivity contribution in [3.8, 4) is 0 Å². The Hall–Kier alpha value is -2.01. The number of allylic oxidation sites excluding steroid dienone is 3. The summed E-state index contributed by atoms with van der Waals surface area (Å²) in [6.07, 6.45) is 7.03. The first-order valence-electron chi connectivity index (χ1n) is 6.84. The molecule has 2 aliphatic rings. The fourth-order valence-electron chi connectivity index (χ4n) is 2.12. The normalized spacial score (nSPS) is 23.3. The molecule has 1 N–H and O–H groups in total. The Bertz CT molecular complexity index is 589. The molecule has 1 atom stereocenters. The van der Waals surface area contributed by atoms with E-state index >= 15 is 0 Å². The van der Waals surface area contributed by atoms with Crippen LogP contribution >= 0.6 is 0 Å². The molecule has 0 saturated heterocycles. The number of aliphatic imine (C=N–C) groups is 1. The Morgan fingerprint density at radius 1 is 1.38 bits per heavy atom. The lowest BCUT2D eigenvalue weighted by molar-refractivity contribution is -0.124. The van der Waals surface area contributed by atoms with Gasteiger partial charge in [-0.25, -0.2) is 4.99 Å². The molecule has 1 aliphatic heterocycles. The van der Waals surface area contributed by atoms with E-state index in [2.05, 4.69) is 10.3 Å². The maximum absolute atomic E-state index is 12.0. The van der Waals surface area contributed by atoms with E-state index in [0.29, 0.717) is 12.3 Å². The third-order valence-corrected chi connectivity index (χ3v) is 3.26. The molecule has 0 fully saturated rings. The summed E-state index contributed by atoms with van der Waals surface area (Å²) in [5.74, 6) is -0.389. The van der Waals surface area contributed by atoms with Crippen LogP contribution in [-0.4, -0.2) is 31.2 Å². The van der Waals surface area contributed by atoms with Crippen molar-refractivity contribution in [2.45, 2.75) is 20.8 Å². The molecule has 1 unspecified atom stereocenters. The molecule has 5 heteroatoms. The summed E-state index contributed by atoms with van der Waals surface area (Å²) in [7, 11) is 1.60. The number of fused-ring (bicyclic) bond motifs is 1. The first-order valence-corrected chi connectivity index (χ1v) is 6.84. The highest BCUT2D eigenvalue weighted by molar-refractivity contribution is 6.11. The van der Waals surface area contributed by atoms with Gasteiger partial charge in [0.1, 0.15) is 0 Å². The van der Waals surface area contributed by atoms with E-state index in [1.165, 1.54) is 0 Å². The number of methoxy groups -OCH3 is 1. The van der Waals surface area contributed by atoms with Crippen molar-refractivity contribution in [1.82, 2.24) is 5.32 Å². The third kappa shape index (κ3) is 3.55. The first-order chi connectivity index (χ1) is 9.81. The van der Waals surface area contributed by atoms with Gasteiger partial charge in [0.25, 0.3) is 5.91 Å². The van der Waals surface area contributed by atoms with E-state index in [0.717, 1.165) is 11.3 Å². The number of nitrogens with one attached hydrogen (secondary N) is 1. The summed E-state index contributed by atoms with van der Waals surface area (Å²) in [4.78, 5) is 27.7. The second kappa shape index (κ2) is 5.77. The van der Waals surface area contributed by atoms with Crippen LogP contribution in [0.5, 0.6) is 0 Å². The standard InChI is InChI=1S/C16H20N2O3/c1-16(2,3)15(20)17-11-5-6-12-10(9-21-4)7-14(19)18-13(12)8-11/h5-8,12H,9H2,1-4H3,(H,18,19). The second-order valence-corrected chi connectivity index (χ2v) is 6.17. The van der Waals surface area contributed by atoms with Gasteiger partial charge in [-0.05, 0) is 17.7 Å². The average molecular weight is 288 g/mol. The predicted molar refractivity (Wildman–Crippen MR) is 80.7 cm³/mol. The Morgan fingerprint density at radius 2 is 2.10 bits per heavy atom. The van der Waals surface area contributed by atoms with E-state index in [1.54, 1.807) is 25.3 Å². The lowest BCUT2D eigenvalue weighted by Crippen LogP contribution is -2.34. The van der Waals surface area contributed by atoms with Gasteiger partial charge < -0.3 is 10.1 Å². The Kier molecular flexibility index (Phi) is 4.23. The average Bonchev–Trinajstić information content (AvgIpc) is 2.37. The van der Waals surface area contributed by atoms with Crippen LogP contribution in [0.2, 0.25) is 0 Å². The molecule has 0 saturated carbocycles. The zero-order chi connectivity index (χ0) is 15.6. The van der Waals surface area contributed by atoms with Crippen molar-refractivity contribution in [2.75, 3.05) is 13.7 Å². The number of carbonyl (C=O) groups is 2. The highest BCUT2D eigenvalue weighted by atomic mass is 16.5. The van der Waals surface area contributed by atoms with Crippen molar-refractivity contribution < 1.29 is 14.3 Å². The van der Waals surface area contributed by atoms with E-state index in [1.807, 2.05) is 26.8 Å². The van der Waals surface area contributed by atoms with Crippen molar-refractivity contribution in [2.24, 2.45) is 16.3 Å². The molecule has 1 heterocycles. The number of hydrogen-bond donors (Lipinski definition) is 1. The van der Waals surface area contributed by atoms with Crippen LogP contribution in [0.4, 0.5) is 0 Å². The van der Waals surface area contributed by atoms with Gasteiger partial charge in [-0.2, -0.15) is 0 Å². The summed E-state index contributed by atoms with van der Waals surface area (Å²) >= 11 is 0. The van der Waals surface area contributed by atoms with E-state index in [-0.39, 0.29) is 17.7 Å². The number of carbonyl (C=O) groups excluding carboxylic acids is 2. The Balaban J connectivity index is 2.28. The molecule has 0 aromatic carbocycles. The minimum atomic E-state index is -0.521. The summed E-state index contributed by atoms with van der Waals surface area (Å²) in [6.45, 7) is 5.87. The number of hydrogen-bond acceptors (Lipinski definition) is 3. The molecule has 21 heavy (non-hydrogen) atoms. The van der Waals surface area contributed by atoms with Gasteiger partial charge in [0.05, 0.1) is 12.3 Å². The lowest BCUT2D eigenvalue weighted by Gasteiger charge is -2.27. The highest BCUT2D eigenvalue weighted by Crippen LogP contribution is 2.27. The van der Waals surface area contributed by atoms with Crippen LogP contribution in [0, 0.1) is 11.3 Å². The van der Waals surface area contributed by atoms with Gasteiger partial charge in [-0.15, -0.1) is 0 Å². The van der Waals surface area contributed by atoms with Gasteiger partial charge in [-0.1, -0.05) is 26.8 Å². The highest BCUT2D eigenvalue weighted by Gasteiger charge is 2.27. The van der Waals surface area contributed by atoms with E-state index < -0.39 is 5.41 Å². The zero-order valence-electron chi connectivity index (χ0n) is 12.8. The maximum Gasteiger partial charge on any atom is 0.251 e. The summed E-state index contributed by atoms with van der Waals surface area (Å²) in [6, 6.07) is 0. The van der Waals surface area contributed by atoms with E-state index in [4.69, 9.17) is 4.74 Å². The zero-order valence-corrected chi connectivity index (χ0v) is 12.8. The number of rotatable bonds is 2. The number of nitrogens with zero attached hydrogens (tertiary/aromatic N) is 1. The topological polar surface area (TPSA) is 67.8 Å². The fourth-order valence-corrected chi connectivity index (χ4v) is 2.12. The molecule has 2 amide bonds. The Labute approximate surface area is 124 Å². The fraction of sp³-hybridized carbons (Fsp3) is 0.438. The quantitative estimate of drug-likeness (QED) is 0.842. The molecule has 1 aliphatic carbocycles. The summed E-state index contributed by atoms with van der Waals surface area (Å²) in [5, 5.41) is 2.80. The monoisotopic (exact) mass is 288 g/mol. The third-order valence-electron chi connectivity index (χ3n) is 3.26. The van der Waals surface area contributed by atoms with Gasteiger partial charge in [-0.3, -0.25) is 9.59 Å². The van der Waals surface area contributed by atoms with Crippen molar-refractivity contribution >= 4 is 17.5 Å². The second-order valence-electron chi connectivity index (χ2n) is 6.17. The molecule has 5 nitrogen and oxygen atoms in total. The number of ether oxygens (including phenoxy) is 1. The molecule has 0 radical (unpaired) electrons.